The normalized spacial score (nSPS) is 56.7. The van der Waals surface area contributed by atoms with Gasteiger partial charge in [0.25, 0.3) is 0 Å². The van der Waals surface area contributed by atoms with Gasteiger partial charge in [0, 0.05) is 10.8 Å². The first-order chi connectivity index (χ1) is 10.7. The predicted octanol–water partition coefficient (Wildman–Crippen LogP) is 2.49. The molecule has 0 aromatic rings. The lowest BCUT2D eigenvalue weighted by Gasteiger charge is -2.65. The number of aliphatic hydroxyl groups is 3. The summed E-state index contributed by atoms with van der Waals surface area (Å²) in [6.07, 6.45) is 5.15. The molecule has 1 spiro atoms. The SMILES string of the molecule is C[C@@H]1CCC2[C@](C)(CO)[C@@H](O)CC[C@]2(C)[C@@]12CCC(C)(CO)O2. The van der Waals surface area contributed by atoms with Crippen LogP contribution in [0.3, 0.4) is 0 Å². The Balaban J connectivity index is 2.04. The van der Waals surface area contributed by atoms with E-state index < -0.39 is 17.1 Å². The fraction of sp³-hybridized carbons (Fsp3) is 1.00. The standard InChI is InChI=1S/C19H34O4/c1-13-5-6-14-17(3,12-21)15(22)7-8-18(14,4)19(13)10-9-16(2,11-20)23-19/h13-15,20-22H,5-12H2,1-4H3/t13-,14?,15+,16?,17+,18+,19-/m1/s1. The molecule has 0 aromatic carbocycles. The summed E-state index contributed by atoms with van der Waals surface area (Å²) in [5.41, 5.74) is -1.22. The first-order valence-corrected chi connectivity index (χ1v) is 9.27. The predicted molar refractivity (Wildman–Crippen MR) is 89.0 cm³/mol. The molecule has 0 radical (unpaired) electrons. The highest BCUT2D eigenvalue weighted by molar-refractivity contribution is 5.17. The number of aliphatic hydroxyl groups excluding tert-OH is 3. The van der Waals surface area contributed by atoms with E-state index in [1.807, 2.05) is 13.8 Å². The van der Waals surface area contributed by atoms with Crippen molar-refractivity contribution in [1.82, 2.24) is 0 Å². The van der Waals surface area contributed by atoms with E-state index in [-0.39, 0.29) is 30.1 Å². The van der Waals surface area contributed by atoms with Gasteiger partial charge in [-0.05, 0) is 57.3 Å². The molecule has 4 nitrogen and oxygen atoms in total. The molecule has 1 heterocycles. The van der Waals surface area contributed by atoms with Gasteiger partial charge in [-0.25, -0.2) is 0 Å². The highest BCUT2D eigenvalue weighted by atomic mass is 16.5. The third kappa shape index (κ3) is 2.18. The zero-order chi connectivity index (χ0) is 17.1. The van der Waals surface area contributed by atoms with Crippen LogP contribution in [0.2, 0.25) is 0 Å². The van der Waals surface area contributed by atoms with Crippen molar-refractivity contribution < 1.29 is 20.1 Å². The highest BCUT2D eigenvalue weighted by Crippen LogP contribution is 2.67. The summed E-state index contributed by atoms with van der Waals surface area (Å²) in [7, 11) is 0. The van der Waals surface area contributed by atoms with Crippen LogP contribution in [0.25, 0.3) is 0 Å². The topological polar surface area (TPSA) is 69.9 Å². The van der Waals surface area contributed by atoms with Gasteiger partial charge in [0.05, 0.1) is 30.5 Å². The Bertz CT molecular complexity index is 468. The minimum atomic E-state index is -0.457. The van der Waals surface area contributed by atoms with Crippen molar-refractivity contribution in [3.8, 4) is 0 Å². The van der Waals surface area contributed by atoms with Crippen molar-refractivity contribution in [2.75, 3.05) is 13.2 Å². The van der Waals surface area contributed by atoms with E-state index in [0.29, 0.717) is 5.92 Å². The van der Waals surface area contributed by atoms with Gasteiger partial charge in [-0.2, -0.15) is 0 Å². The van der Waals surface area contributed by atoms with Crippen molar-refractivity contribution in [3.63, 3.8) is 0 Å². The molecule has 23 heavy (non-hydrogen) atoms. The smallest absolute Gasteiger partial charge is 0.0893 e. The quantitative estimate of drug-likeness (QED) is 0.729. The Hall–Kier alpha value is -0.160. The van der Waals surface area contributed by atoms with Crippen LogP contribution in [-0.4, -0.2) is 45.8 Å². The molecular formula is C19H34O4. The summed E-state index contributed by atoms with van der Waals surface area (Å²) in [4.78, 5) is 0. The largest absolute Gasteiger partial charge is 0.396 e. The van der Waals surface area contributed by atoms with Crippen LogP contribution in [0.4, 0.5) is 0 Å². The molecule has 0 amide bonds. The number of fused-ring (bicyclic) bond motifs is 2. The molecule has 0 aromatic heterocycles. The van der Waals surface area contributed by atoms with Gasteiger partial charge in [0.15, 0.2) is 0 Å². The zero-order valence-electron chi connectivity index (χ0n) is 15.1. The van der Waals surface area contributed by atoms with Gasteiger partial charge in [-0.1, -0.05) is 20.8 Å². The summed E-state index contributed by atoms with van der Waals surface area (Å²) in [6, 6.07) is 0. The second-order valence-electron chi connectivity index (χ2n) is 9.27. The molecule has 3 aliphatic rings. The van der Waals surface area contributed by atoms with Crippen LogP contribution >= 0.6 is 0 Å². The second kappa shape index (κ2) is 5.42. The molecule has 134 valence electrons. The first-order valence-electron chi connectivity index (χ1n) is 9.27. The van der Waals surface area contributed by atoms with E-state index in [9.17, 15) is 15.3 Å². The average Bonchev–Trinajstić information content (AvgIpc) is 2.90. The monoisotopic (exact) mass is 326 g/mol. The van der Waals surface area contributed by atoms with Crippen molar-refractivity contribution in [2.45, 2.75) is 83.5 Å². The Morgan fingerprint density at radius 2 is 1.65 bits per heavy atom. The lowest BCUT2D eigenvalue weighted by molar-refractivity contribution is -0.268. The van der Waals surface area contributed by atoms with Crippen LogP contribution < -0.4 is 0 Å². The van der Waals surface area contributed by atoms with Crippen molar-refractivity contribution in [3.05, 3.63) is 0 Å². The minimum absolute atomic E-state index is 0.0240. The number of hydrogen-bond donors (Lipinski definition) is 3. The third-order valence-corrected chi connectivity index (χ3v) is 8.04. The molecule has 1 saturated heterocycles. The molecule has 2 saturated carbocycles. The highest BCUT2D eigenvalue weighted by Gasteiger charge is 2.68. The molecule has 7 atom stereocenters. The van der Waals surface area contributed by atoms with Crippen LogP contribution in [0.1, 0.15) is 66.2 Å². The maximum absolute atomic E-state index is 10.6. The summed E-state index contributed by atoms with van der Waals surface area (Å²) in [5, 5.41) is 30.5. The van der Waals surface area contributed by atoms with Gasteiger partial charge in [0.1, 0.15) is 0 Å². The van der Waals surface area contributed by atoms with E-state index in [2.05, 4.69) is 13.8 Å². The summed E-state index contributed by atoms with van der Waals surface area (Å²) in [6.45, 7) is 8.74. The first kappa shape index (κ1) is 17.7. The molecule has 1 aliphatic heterocycles. The molecular weight excluding hydrogens is 292 g/mol. The minimum Gasteiger partial charge on any atom is -0.396 e. The molecule has 0 bridgehead atoms. The van der Waals surface area contributed by atoms with E-state index in [4.69, 9.17) is 4.74 Å². The Morgan fingerprint density at radius 1 is 0.957 bits per heavy atom. The molecule has 3 rings (SSSR count). The average molecular weight is 326 g/mol. The fourth-order valence-corrected chi connectivity index (χ4v) is 6.34. The van der Waals surface area contributed by atoms with E-state index in [1.165, 1.54) is 0 Å². The number of ether oxygens (including phenoxy) is 1. The third-order valence-electron chi connectivity index (χ3n) is 8.04. The summed E-state index contributed by atoms with van der Waals surface area (Å²) < 4.78 is 6.67. The molecule has 4 heteroatoms. The maximum atomic E-state index is 10.6. The van der Waals surface area contributed by atoms with Gasteiger partial charge in [-0.15, -0.1) is 0 Å². The lowest BCUT2D eigenvalue weighted by atomic mass is 9.43. The van der Waals surface area contributed by atoms with E-state index >= 15 is 0 Å². The number of rotatable bonds is 2. The Morgan fingerprint density at radius 3 is 2.22 bits per heavy atom. The Labute approximate surface area is 140 Å². The zero-order valence-corrected chi connectivity index (χ0v) is 15.1. The van der Waals surface area contributed by atoms with Crippen LogP contribution in [-0.2, 0) is 4.74 Å². The van der Waals surface area contributed by atoms with E-state index in [0.717, 1.165) is 38.5 Å². The fourth-order valence-electron chi connectivity index (χ4n) is 6.34. The number of hydrogen-bond acceptors (Lipinski definition) is 4. The molecule has 2 aliphatic carbocycles. The van der Waals surface area contributed by atoms with Crippen molar-refractivity contribution in [1.29, 1.82) is 0 Å². The maximum Gasteiger partial charge on any atom is 0.0893 e. The molecule has 2 unspecified atom stereocenters. The van der Waals surface area contributed by atoms with Gasteiger partial charge in [-0.3, -0.25) is 0 Å². The van der Waals surface area contributed by atoms with Crippen molar-refractivity contribution in [2.24, 2.45) is 22.7 Å². The van der Waals surface area contributed by atoms with Crippen LogP contribution in [0.5, 0.6) is 0 Å². The van der Waals surface area contributed by atoms with Gasteiger partial charge >= 0.3 is 0 Å². The summed E-state index contributed by atoms with van der Waals surface area (Å²) in [5.74, 6) is 0.691. The van der Waals surface area contributed by atoms with E-state index in [1.54, 1.807) is 0 Å². The molecule has 3 fully saturated rings. The van der Waals surface area contributed by atoms with Crippen molar-refractivity contribution >= 4 is 0 Å². The second-order valence-corrected chi connectivity index (χ2v) is 9.27. The molecule has 3 N–H and O–H groups in total. The summed E-state index contributed by atoms with van der Waals surface area (Å²) >= 11 is 0. The van der Waals surface area contributed by atoms with Crippen LogP contribution in [0.15, 0.2) is 0 Å². The van der Waals surface area contributed by atoms with Crippen LogP contribution in [0, 0.1) is 22.7 Å². The lowest BCUT2D eigenvalue weighted by Crippen LogP contribution is -2.66. The van der Waals surface area contributed by atoms with Gasteiger partial charge in [0.2, 0.25) is 0 Å². The van der Waals surface area contributed by atoms with Gasteiger partial charge < -0.3 is 20.1 Å². The Kier molecular flexibility index (Phi) is 4.16.